The third kappa shape index (κ3) is 3.10. The van der Waals surface area contributed by atoms with Crippen molar-refractivity contribution in [2.45, 2.75) is 13.8 Å². The molecule has 92 valence electrons. The number of hydrogen-bond acceptors (Lipinski definition) is 1. The molecule has 0 bridgehead atoms. The summed E-state index contributed by atoms with van der Waals surface area (Å²) in [6.45, 7) is 4.04. The number of nitrogens with one attached hydrogen (secondary N) is 1. The van der Waals surface area contributed by atoms with E-state index in [9.17, 15) is 4.79 Å². The van der Waals surface area contributed by atoms with E-state index in [1.54, 1.807) is 0 Å². The minimum atomic E-state index is -0.0710. The van der Waals surface area contributed by atoms with E-state index in [1.165, 1.54) is 5.56 Å². The number of amides is 1. The number of rotatable bonds is 2. The van der Waals surface area contributed by atoms with Gasteiger partial charge in [0.15, 0.2) is 0 Å². The molecule has 0 aromatic heterocycles. The molecule has 0 saturated carbocycles. The lowest BCUT2D eigenvalue weighted by Crippen LogP contribution is -2.12. The molecule has 0 aliphatic rings. The van der Waals surface area contributed by atoms with Gasteiger partial charge in [-0.05, 0) is 72.3 Å². The summed E-state index contributed by atoms with van der Waals surface area (Å²) in [5, 5.41) is 2.93. The van der Waals surface area contributed by atoms with Gasteiger partial charge in [0.05, 0.1) is 0 Å². The average Bonchev–Trinajstić information content (AvgIpc) is 2.33. The normalized spacial score (nSPS) is 10.2. The average molecular weight is 351 g/mol. The topological polar surface area (TPSA) is 29.1 Å². The molecule has 0 aliphatic carbocycles. The zero-order valence-corrected chi connectivity index (χ0v) is 12.5. The predicted octanol–water partition coefficient (Wildman–Crippen LogP) is 4.16. The zero-order chi connectivity index (χ0) is 13.1. The number of hydrogen-bond donors (Lipinski definition) is 1. The van der Waals surface area contributed by atoms with E-state index < -0.39 is 0 Å². The summed E-state index contributed by atoms with van der Waals surface area (Å²) in [5.74, 6) is -0.0710. The van der Waals surface area contributed by atoms with Gasteiger partial charge in [-0.15, -0.1) is 0 Å². The smallest absolute Gasteiger partial charge is 0.255 e. The number of benzene rings is 2. The molecule has 0 fully saturated rings. The zero-order valence-electron chi connectivity index (χ0n) is 10.3. The van der Waals surface area contributed by atoms with Crippen LogP contribution in [0.3, 0.4) is 0 Å². The van der Waals surface area contributed by atoms with Gasteiger partial charge in [0, 0.05) is 14.8 Å². The van der Waals surface area contributed by atoms with E-state index in [0.717, 1.165) is 14.8 Å². The lowest BCUT2D eigenvalue weighted by atomic mass is 10.1. The maximum absolute atomic E-state index is 12.0. The van der Waals surface area contributed by atoms with Crippen molar-refractivity contribution in [3.63, 3.8) is 0 Å². The Morgan fingerprint density at radius 1 is 1.06 bits per heavy atom. The Bertz CT molecular complexity index is 576. The Balaban J connectivity index is 2.18. The Morgan fingerprint density at radius 2 is 1.72 bits per heavy atom. The monoisotopic (exact) mass is 351 g/mol. The third-order valence-corrected chi connectivity index (χ3v) is 3.46. The minimum Gasteiger partial charge on any atom is -0.322 e. The fraction of sp³-hybridized carbons (Fsp3) is 0.133. The van der Waals surface area contributed by atoms with Crippen LogP contribution >= 0.6 is 22.6 Å². The molecule has 0 saturated heterocycles. The van der Waals surface area contributed by atoms with Crippen LogP contribution in [0.1, 0.15) is 21.5 Å². The molecule has 2 rings (SSSR count). The first-order valence-electron chi connectivity index (χ1n) is 5.70. The molecule has 0 radical (unpaired) electrons. The van der Waals surface area contributed by atoms with E-state index in [4.69, 9.17) is 0 Å². The van der Waals surface area contributed by atoms with Gasteiger partial charge in [-0.1, -0.05) is 17.7 Å². The third-order valence-electron chi connectivity index (χ3n) is 2.74. The number of carbonyl (C=O) groups excluding carboxylic acids is 1. The lowest BCUT2D eigenvalue weighted by Gasteiger charge is -2.09. The summed E-state index contributed by atoms with van der Waals surface area (Å²) >= 11 is 2.22. The standard InChI is InChI=1S/C15H14INO/c1-10-3-8-14(11(2)9-10)17-15(18)12-4-6-13(16)7-5-12/h3-9H,1-2H3,(H,17,18). The Morgan fingerprint density at radius 3 is 2.33 bits per heavy atom. The van der Waals surface area contributed by atoms with Crippen LogP contribution in [-0.4, -0.2) is 5.91 Å². The van der Waals surface area contributed by atoms with Crippen molar-refractivity contribution in [3.8, 4) is 0 Å². The van der Waals surface area contributed by atoms with E-state index in [1.807, 2.05) is 50.2 Å². The second-order valence-electron chi connectivity index (χ2n) is 4.28. The molecule has 1 N–H and O–H groups in total. The van der Waals surface area contributed by atoms with Gasteiger partial charge in [-0.3, -0.25) is 4.79 Å². The Labute approximate surface area is 121 Å². The van der Waals surface area contributed by atoms with Crippen molar-refractivity contribution in [1.29, 1.82) is 0 Å². The number of carbonyl (C=O) groups is 1. The fourth-order valence-electron chi connectivity index (χ4n) is 1.75. The van der Waals surface area contributed by atoms with Crippen molar-refractivity contribution in [1.82, 2.24) is 0 Å². The maximum Gasteiger partial charge on any atom is 0.255 e. The summed E-state index contributed by atoms with van der Waals surface area (Å²) in [4.78, 5) is 12.0. The van der Waals surface area contributed by atoms with Crippen LogP contribution in [0.2, 0.25) is 0 Å². The van der Waals surface area contributed by atoms with Crippen LogP contribution in [0.5, 0.6) is 0 Å². The van der Waals surface area contributed by atoms with Gasteiger partial charge in [0.25, 0.3) is 5.91 Å². The number of halogens is 1. The van der Waals surface area contributed by atoms with E-state index in [-0.39, 0.29) is 5.91 Å². The van der Waals surface area contributed by atoms with Gasteiger partial charge < -0.3 is 5.32 Å². The van der Waals surface area contributed by atoms with E-state index in [2.05, 4.69) is 34.0 Å². The first kappa shape index (κ1) is 13.1. The summed E-state index contributed by atoms with van der Waals surface area (Å²) in [6.07, 6.45) is 0. The Kier molecular flexibility index (Phi) is 4.01. The van der Waals surface area contributed by atoms with Crippen LogP contribution in [0, 0.1) is 17.4 Å². The highest BCUT2D eigenvalue weighted by atomic mass is 127. The molecule has 2 aromatic carbocycles. The molecular formula is C15H14INO. The van der Waals surface area contributed by atoms with Crippen molar-refractivity contribution in [2.75, 3.05) is 5.32 Å². The molecular weight excluding hydrogens is 337 g/mol. The summed E-state index contributed by atoms with van der Waals surface area (Å²) in [6, 6.07) is 13.5. The van der Waals surface area contributed by atoms with Crippen LogP contribution in [0.4, 0.5) is 5.69 Å². The molecule has 0 spiro atoms. The second-order valence-corrected chi connectivity index (χ2v) is 5.53. The molecule has 0 unspecified atom stereocenters. The summed E-state index contributed by atoms with van der Waals surface area (Å²) < 4.78 is 1.12. The Hall–Kier alpha value is -1.36. The molecule has 18 heavy (non-hydrogen) atoms. The molecule has 2 aromatic rings. The largest absolute Gasteiger partial charge is 0.322 e. The molecule has 0 atom stereocenters. The van der Waals surface area contributed by atoms with Crippen LogP contribution in [-0.2, 0) is 0 Å². The van der Waals surface area contributed by atoms with Crippen molar-refractivity contribution < 1.29 is 4.79 Å². The van der Waals surface area contributed by atoms with Crippen LogP contribution in [0.25, 0.3) is 0 Å². The number of anilines is 1. The summed E-state index contributed by atoms with van der Waals surface area (Å²) in [5.41, 5.74) is 3.81. The highest BCUT2D eigenvalue weighted by Gasteiger charge is 2.07. The molecule has 2 nitrogen and oxygen atoms in total. The fourth-order valence-corrected chi connectivity index (χ4v) is 2.11. The highest BCUT2D eigenvalue weighted by Crippen LogP contribution is 2.17. The molecule has 0 aliphatic heterocycles. The highest BCUT2D eigenvalue weighted by molar-refractivity contribution is 14.1. The van der Waals surface area contributed by atoms with Crippen molar-refractivity contribution in [3.05, 3.63) is 62.7 Å². The van der Waals surface area contributed by atoms with Crippen molar-refractivity contribution in [2.24, 2.45) is 0 Å². The van der Waals surface area contributed by atoms with E-state index in [0.29, 0.717) is 5.56 Å². The van der Waals surface area contributed by atoms with Gasteiger partial charge in [-0.25, -0.2) is 0 Å². The summed E-state index contributed by atoms with van der Waals surface area (Å²) in [7, 11) is 0. The second kappa shape index (κ2) is 5.52. The molecule has 1 amide bonds. The first-order valence-corrected chi connectivity index (χ1v) is 6.78. The number of aryl methyl sites for hydroxylation is 2. The van der Waals surface area contributed by atoms with Crippen LogP contribution in [0.15, 0.2) is 42.5 Å². The van der Waals surface area contributed by atoms with Crippen molar-refractivity contribution >= 4 is 34.2 Å². The molecule has 0 heterocycles. The van der Waals surface area contributed by atoms with E-state index >= 15 is 0 Å². The SMILES string of the molecule is Cc1ccc(NC(=O)c2ccc(I)cc2)c(C)c1. The first-order chi connectivity index (χ1) is 8.56. The van der Waals surface area contributed by atoms with Gasteiger partial charge >= 0.3 is 0 Å². The van der Waals surface area contributed by atoms with Gasteiger partial charge in [0.2, 0.25) is 0 Å². The van der Waals surface area contributed by atoms with Crippen LogP contribution < -0.4 is 5.32 Å². The van der Waals surface area contributed by atoms with Gasteiger partial charge in [0.1, 0.15) is 0 Å². The minimum absolute atomic E-state index is 0.0710. The predicted molar refractivity (Wildman–Crippen MR) is 83.0 cm³/mol. The quantitative estimate of drug-likeness (QED) is 0.809. The van der Waals surface area contributed by atoms with Gasteiger partial charge in [-0.2, -0.15) is 0 Å². The maximum atomic E-state index is 12.0. The lowest BCUT2D eigenvalue weighted by molar-refractivity contribution is 0.102. The molecule has 3 heteroatoms.